The fourth-order valence-corrected chi connectivity index (χ4v) is 2.61. The number of hydrogen-bond donors (Lipinski definition) is 2. The lowest BCUT2D eigenvalue weighted by molar-refractivity contribution is -0.121. The van der Waals surface area contributed by atoms with Gasteiger partial charge >= 0.3 is 0 Å². The molecule has 128 valence electrons. The van der Waals surface area contributed by atoms with Crippen molar-refractivity contribution in [3.8, 4) is 11.5 Å². The van der Waals surface area contributed by atoms with Gasteiger partial charge in [0.1, 0.15) is 5.82 Å². The molecule has 2 aromatic heterocycles. The number of hydrogen-bond acceptors (Lipinski definition) is 6. The molecule has 2 N–H and O–H groups in total. The minimum Gasteiger partial charge on any atom is -0.421 e. The van der Waals surface area contributed by atoms with Crippen molar-refractivity contribution >= 4 is 23.2 Å². The number of nitrogens with one attached hydrogen (secondary N) is 2. The van der Waals surface area contributed by atoms with Gasteiger partial charge in [-0.05, 0) is 23.6 Å². The van der Waals surface area contributed by atoms with Gasteiger partial charge in [-0.2, -0.15) is 11.3 Å². The van der Waals surface area contributed by atoms with Gasteiger partial charge in [0.2, 0.25) is 17.7 Å². The minimum absolute atomic E-state index is 0.0306. The summed E-state index contributed by atoms with van der Waals surface area (Å²) < 4.78 is 18.9. The van der Waals surface area contributed by atoms with Crippen molar-refractivity contribution in [2.45, 2.75) is 12.8 Å². The van der Waals surface area contributed by atoms with Crippen molar-refractivity contribution in [3.05, 3.63) is 58.4 Å². The zero-order valence-corrected chi connectivity index (χ0v) is 13.7. The molecule has 1 aromatic carbocycles. The van der Waals surface area contributed by atoms with Gasteiger partial charge in [0.15, 0.2) is 0 Å². The van der Waals surface area contributed by atoms with Crippen molar-refractivity contribution in [3.63, 3.8) is 0 Å². The van der Waals surface area contributed by atoms with Crippen LogP contribution in [0.15, 0.2) is 45.5 Å². The molecule has 2 heterocycles. The summed E-state index contributed by atoms with van der Waals surface area (Å²) in [5.41, 5.74) is 5.05. The second-order valence-corrected chi connectivity index (χ2v) is 5.78. The van der Waals surface area contributed by atoms with Crippen LogP contribution in [0.2, 0.25) is 0 Å². The van der Waals surface area contributed by atoms with Gasteiger partial charge < -0.3 is 4.42 Å². The first-order chi connectivity index (χ1) is 12.1. The molecule has 2 amide bonds. The van der Waals surface area contributed by atoms with Gasteiger partial charge in [-0.15, -0.1) is 10.2 Å². The molecule has 0 fully saturated rings. The highest BCUT2D eigenvalue weighted by Gasteiger charge is 2.13. The van der Waals surface area contributed by atoms with E-state index >= 15 is 0 Å². The molecule has 0 aliphatic rings. The SMILES string of the molecule is O=C(CCc1nnc(-c2ccsc2)o1)NNC(=O)c1ccccc1F. The van der Waals surface area contributed by atoms with Gasteiger partial charge in [0, 0.05) is 23.8 Å². The Labute approximate surface area is 145 Å². The molecule has 0 saturated carbocycles. The molecule has 9 heteroatoms. The van der Waals surface area contributed by atoms with Crippen LogP contribution >= 0.6 is 11.3 Å². The first kappa shape index (κ1) is 16.8. The third kappa shape index (κ3) is 4.27. The number of rotatable bonds is 5. The average Bonchev–Trinajstić information content (AvgIpc) is 3.29. The molecule has 7 nitrogen and oxygen atoms in total. The second kappa shape index (κ2) is 7.67. The van der Waals surface area contributed by atoms with Crippen LogP contribution < -0.4 is 10.9 Å². The Morgan fingerprint density at radius 3 is 2.76 bits per heavy atom. The maximum atomic E-state index is 13.5. The van der Waals surface area contributed by atoms with Crippen LogP contribution in [0.5, 0.6) is 0 Å². The van der Waals surface area contributed by atoms with Crippen molar-refractivity contribution < 1.29 is 18.4 Å². The first-order valence-corrected chi connectivity index (χ1v) is 8.26. The Morgan fingerprint density at radius 1 is 1.16 bits per heavy atom. The Bertz CT molecular complexity index is 879. The summed E-state index contributed by atoms with van der Waals surface area (Å²) in [4.78, 5) is 23.5. The highest BCUT2D eigenvalue weighted by Crippen LogP contribution is 2.20. The summed E-state index contributed by atoms with van der Waals surface area (Å²) in [7, 11) is 0. The van der Waals surface area contributed by atoms with Gasteiger partial charge in [0.05, 0.1) is 5.56 Å². The number of hydrazine groups is 1. The average molecular weight is 360 g/mol. The van der Waals surface area contributed by atoms with E-state index < -0.39 is 17.6 Å². The quantitative estimate of drug-likeness (QED) is 0.681. The molecule has 3 rings (SSSR count). The van der Waals surface area contributed by atoms with E-state index in [-0.39, 0.29) is 18.4 Å². The van der Waals surface area contributed by atoms with Crippen molar-refractivity contribution in [1.82, 2.24) is 21.0 Å². The van der Waals surface area contributed by atoms with Crippen molar-refractivity contribution in [2.75, 3.05) is 0 Å². The predicted molar refractivity (Wildman–Crippen MR) is 87.9 cm³/mol. The molecule has 3 aromatic rings. The number of nitrogens with zero attached hydrogens (tertiary/aromatic N) is 2. The third-order valence-electron chi connectivity index (χ3n) is 3.23. The molecule has 0 aliphatic carbocycles. The number of carbonyl (C=O) groups excluding carboxylic acids is 2. The molecular weight excluding hydrogens is 347 g/mol. The monoisotopic (exact) mass is 360 g/mol. The van der Waals surface area contributed by atoms with Crippen molar-refractivity contribution in [1.29, 1.82) is 0 Å². The second-order valence-electron chi connectivity index (χ2n) is 5.00. The van der Waals surface area contributed by atoms with Crippen molar-refractivity contribution in [2.24, 2.45) is 0 Å². The lowest BCUT2D eigenvalue weighted by Crippen LogP contribution is -2.42. The summed E-state index contributed by atoms with van der Waals surface area (Å²) >= 11 is 1.51. The molecule has 0 aliphatic heterocycles. The number of benzene rings is 1. The largest absolute Gasteiger partial charge is 0.421 e. The Hall–Kier alpha value is -3.07. The number of halogens is 1. The molecule has 0 saturated heterocycles. The Kier molecular flexibility index (Phi) is 5.14. The summed E-state index contributed by atoms with van der Waals surface area (Å²) in [6.07, 6.45) is 0.251. The zero-order chi connectivity index (χ0) is 17.6. The maximum absolute atomic E-state index is 13.5. The van der Waals surface area contributed by atoms with Crippen LogP contribution in [0.25, 0.3) is 11.5 Å². The Morgan fingerprint density at radius 2 is 2.00 bits per heavy atom. The lowest BCUT2D eigenvalue weighted by Gasteiger charge is -2.07. The normalized spacial score (nSPS) is 10.4. The zero-order valence-electron chi connectivity index (χ0n) is 12.9. The Balaban J connectivity index is 1.47. The molecule has 0 bridgehead atoms. The van der Waals surface area contributed by atoms with Gasteiger partial charge in [-0.25, -0.2) is 4.39 Å². The molecule has 0 radical (unpaired) electrons. The van der Waals surface area contributed by atoms with E-state index in [2.05, 4.69) is 21.0 Å². The highest BCUT2D eigenvalue weighted by atomic mass is 32.1. The van der Waals surface area contributed by atoms with Crippen LogP contribution in [0, 0.1) is 5.82 Å². The number of carbonyl (C=O) groups is 2. The first-order valence-electron chi connectivity index (χ1n) is 7.32. The number of thiophene rings is 1. The van der Waals surface area contributed by atoms with E-state index in [4.69, 9.17) is 4.42 Å². The number of aromatic nitrogens is 2. The molecule has 25 heavy (non-hydrogen) atoms. The van der Waals surface area contributed by atoms with Gasteiger partial charge in [-0.1, -0.05) is 12.1 Å². The van der Waals surface area contributed by atoms with Gasteiger partial charge in [-0.3, -0.25) is 20.4 Å². The minimum atomic E-state index is -0.732. The summed E-state index contributed by atoms with van der Waals surface area (Å²) in [6.45, 7) is 0. The van der Waals surface area contributed by atoms with Crippen LogP contribution in [-0.4, -0.2) is 22.0 Å². The van der Waals surface area contributed by atoms with Gasteiger partial charge in [0.25, 0.3) is 5.91 Å². The molecular formula is C16H13FN4O3S. The van der Waals surface area contributed by atoms with Crippen LogP contribution in [0.4, 0.5) is 4.39 Å². The predicted octanol–water partition coefficient (Wildman–Crippen LogP) is 2.33. The standard InChI is InChI=1S/C16H13FN4O3S/c17-12-4-2-1-3-11(12)15(23)20-18-13(22)5-6-14-19-21-16(24-14)10-7-8-25-9-10/h1-4,7-9H,5-6H2,(H,18,22)(H,20,23). The lowest BCUT2D eigenvalue weighted by atomic mass is 10.2. The van der Waals surface area contributed by atoms with E-state index in [1.165, 1.54) is 29.5 Å². The molecule has 0 unspecified atom stereocenters. The summed E-state index contributed by atoms with van der Waals surface area (Å²) in [5, 5.41) is 11.5. The van der Waals surface area contributed by atoms with Crippen LogP contribution in [-0.2, 0) is 11.2 Å². The number of aryl methyl sites for hydroxylation is 1. The molecule has 0 spiro atoms. The van der Waals surface area contributed by atoms with Crippen LogP contribution in [0.3, 0.4) is 0 Å². The smallest absolute Gasteiger partial charge is 0.272 e. The van der Waals surface area contributed by atoms with Crippen LogP contribution in [0.1, 0.15) is 22.7 Å². The molecule has 0 atom stereocenters. The topological polar surface area (TPSA) is 97.1 Å². The third-order valence-corrected chi connectivity index (χ3v) is 3.92. The maximum Gasteiger partial charge on any atom is 0.272 e. The van der Waals surface area contributed by atoms with E-state index in [1.54, 1.807) is 0 Å². The fraction of sp³-hybridized carbons (Fsp3) is 0.125. The van der Waals surface area contributed by atoms with E-state index in [0.717, 1.165) is 11.6 Å². The summed E-state index contributed by atoms with van der Waals surface area (Å²) in [5.74, 6) is -1.15. The number of amides is 2. The fourth-order valence-electron chi connectivity index (χ4n) is 1.98. The van der Waals surface area contributed by atoms with E-state index in [1.807, 2.05) is 16.8 Å². The van der Waals surface area contributed by atoms with E-state index in [9.17, 15) is 14.0 Å². The highest BCUT2D eigenvalue weighted by molar-refractivity contribution is 7.08. The van der Waals surface area contributed by atoms with E-state index in [0.29, 0.717) is 11.8 Å². The summed E-state index contributed by atoms with van der Waals surface area (Å²) in [6, 6.07) is 7.34.